The Hall–Kier alpha value is -4.23. The highest BCUT2D eigenvalue weighted by Gasteiger charge is 2.30. The largest absolute Gasteiger partial charge is 0.493 e. The highest BCUT2D eigenvalue weighted by atomic mass is 35.5. The van der Waals surface area contributed by atoms with Gasteiger partial charge in [-0.05, 0) is 53.1 Å². The van der Waals surface area contributed by atoms with E-state index in [0.29, 0.717) is 28.7 Å². The van der Waals surface area contributed by atoms with E-state index in [1.165, 1.54) is 0 Å². The van der Waals surface area contributed by atoms with Crippen molar-refractivity contribution in [2.75, 3.05) is 14.2 Å². The van der Waals surface area contributed by atoms with E-state index in [-0.39, 0.29) is 31.3 Å². The smallest absolute Gasteiger partial charge is 0.243 e. The number of nitrogens with one attached hydrogen (secondary N) is 1. The molecule has 7 nitrogen and oxygen atoms in total. The van der Waals surface area contributed by atoms with Crippen LogP contribution in [0.3, 0.4) is 0 Å². The molecule has 0 aliphatic heterocycles. The van der Waals surface area contributed by atoms with E-state index in [1.807, 2.05) is 48.5 Å². The zero-order chi connectivity index (χ0) is 27.6. The molecular formula is C31H31ClN2O5. The van der Waals surface area contributed by atoms with Crippen molar-refractivity contribution in [1.82, 2.24) is 10.2 Å². The first-order valence-corrected chi connectivity index (χ1v) is 12.9. The zero-order valence-electron chi connectivity index (χ0n) is 21.9. The molecule has 4 rings (SSSR count). The second kappa shape index (κ2) is 13.5. The van der Waals surface area contributed by atoms with Gasteiger partial charge in [-0.2, -0.15) is 0 Å². The van der Waals surface area contributed by atoms with Gasteiger partial charge in [-0.25, -0.2) is 0 Å². The summed E-state index contributed by atoms with van der Waals surface area (Å²) in [5.74, 6) is 1.26. The Labute approximate surface area is 233 Å². The van der Waals surface area contributed by atoms with Crippen molar-refractivity contribution < 1.29 is 23.5 Å². The van der Waals surface area contributed by atoms with Crippen molar-refractivity contribution in [2.45, 2.75) is 32.0 Å². The van der Waals surface area contributed by atoms with E-state index in [9.17, 15) is 9.59 Å². The molecule has 0 saturated heterocycles. The normalized spacial score (nSPS) is 11.5. The minimum atomic E-state index is -0.773. The SMILES string of the molecule is COc1ccc(CC(=O)N(Cc2ccc(Cl)cc2)C(Cc2ccccc2)C(=O)NCc2ccco2)cc1OC. The predicted molar refractivity (Wildman–Crippen MR) is 150 cm³/mol. The summed E-state index contributed by atoms with van der Waals surface area (Å²) < 4.78 is 16.1. The lowest BCUT2D eigenvalue weighted by atomic mass is 10.0. The molecule has 1 aromatic heterocycles. The van der Waals surface area contributed by atoms with Crippen LogP contribution in [0.1, 0.15) is 22.5 Å². The number of carbonyl (C=O) groups excluding carboxylic acids is 2. The van der Waals surface area contributed by atoms with E-state index in [2.05, 4.69) is 5.32 Å². The van der Waals surface area contributed by atoms with Crippen LogP contribution in [0.5, 0.6) is 11.5 Å². The van der Waals surface area contributed by atoms with Gasteiger partial charge in [-0.15, -0.1) is 0 Å². The molecule has 0 radical (unpaired) electrons. The highest BCUT2D eigenvalue weighted by molar-refractivity contribution is 6.30. The molecule has 202 valence electrons. The van der Waals surface area contributed by atoms with Gasteiger partial charge in [0.15, 0.2) is 11.5 Å². The number of methoxy groups -OCH3 is 2. The van der Waals surface area contributed by atoms with Crippen LogP contribution in [0.15, 0.2) is 95.6 Å². The van der Waals surface area contributed by atoms with Crippen LogP contribution in [0, 0.1) is 0 Å². The molecule has 8 heteroatoms. The molecule has 39 heavy (non-hydrogen) atoms. The Bertz CT molecular complexity index is 1360. The Morgan fingerprint density at radius 3 is 2.26 bits per heavy atom. The third kappa shape index (κ3) is 7.65. The predicted octanol–water partition coefficient (Wildman–Crippen LogP) is 5.45. The summed E-state index contributed by atoms with van der Waals surface area (Å²) in [7, 11) is 3.11. The van der Waals surface area contributed by atoms with E-state index >= 15 is 0 Å². The van der Waals surface area contributed by atoms with Gasteiger partial charge in [0.1, 0.15) is 11.8 Å². The van der Waals surface area contributed by atoms with Crippen molar-refractivity contribution in [3.05, 3.63) is 119 Å². The standard InChI is InChI=1S/C31H31ClN2O5/c1-37-28-15-12-24(18-29(28)38-2)19-30(35)34(21-23-10-13-25(32)14-11-23)27(17-22-7-4-3-5-8-22)31(36)33-20-26-9-6-16-39-26/h3-16,18,27H,17,19-21H2,1-2H3,(H,33,36). The number of furan rings is 1. The molecule has 4 aromatic rings. The van der Waals surface area contributed by atoms with Gasteiger partial charge in [0.05, 0.1) is 33.4 Å². The third-order valence-corrected chi connectivity index (χ3v) is 6.61. The summed E-state index contributed by atoms with van der Waals surface area (Å²) in [6, 6.07) is 25.1. The van der Waals surface area contributed by atoms with Gasteiger partial charge in [0.25, 0.3) is 0 Å². The number of carbonyl (C=O) groups is 2. The molecule has 0 saturated carbocycles. The first-order chi connectivity index (χ1) is 19.0. The molecule has 3 aromatic carbocycles. The van der Waals surface area contributed by atoms with Gasteiger partial charge >= 0.3 is 0 Å². The Balaban J connectivity index is 1.66. The fourth-order valence-corrected chi connectivity index (χ4v) is 4.44. The fraction of sp³-hybridized carbons (Fsp3) is 0.226. The summed E-state index contributed by atoms with van der Waals surface area (Å²) >= 11 is 6.11. The van der Waals surface area contributed by atoms with Gasteiger partial charge in [0.2, 0.25) is 11.8 Å². The summed E-state index contributed by atoms with van der Waals surface area (Å²) in [4.78, 5) is 29.2. The molecule has 2 amide bonds. The van der Waals surface area contributed by atoms with Gasteiger partial charge in [-0.1, -0.05) is 60.1 Å². The van der Waals surface area contributed by atoms with Crippen molar-refractivity contribution >= 4 is 23.4 Å². The van der Waals surface area contributed by atoms with E-state index in [4.69, 9.17) is 25.5 Å². The molecule has 0 aliphatic carbocycles. The monoisotopic (exact) mass is 546 g/mol. The number of nitrogens with zero attached hydrogens (tertiary/aromatic N) is 1. The average molecular weight is 547 g/mol. The first-order valence-electron chi connectivity index (χ1n) is 12.6. The fourth-order valence-electron chi connectivity index (χ4n) is 4.31. The molecule has 1 N–H and O–H groups in total. The lowest BCUT2D eigenvalue weighted by molar-refractivity contribution is -0.140. The Morgan fingerprint density at radius 1 is 0.872 bits per heavy atom. The summed E-state index contributed by atoms with van der Waals surface area (Å²) in [6.07, 6.45) is 1.98. The second-order valence-corrected chi connectivity index (χ2v) is 9.45. The summed E-state index contributed by atoms with van der Waals surface area (Å²) in [5, 5.41) is 3.54. The number of rotatable bonds is 12. The molecule has 0 spiro atoms. The maximum Gasteiger partial charge on any atom is 0.243 e. The zero-order valence-corrected chi connectivity index (χ0v) is 22.7. The molecule has 0 aliphatic rings. The number of amides is 2. The first kappa shape index (κ1) is 27.8. The van der Waals surface area contributed by atoms with Crippen molar-refractivity contribution in [2.24, 2.45) is 0 Å². The molecular weight excluding hydrogens is 516 g/mol. The van der Waals surface area contributed by atoms with Gasteiger partial charge < -0.3 is 24.1 Å². The van der Waals surface area contributed by atoms with Gasteiger partial charge in [0, 0.05) is 18.0 Å². The third-order valence-electron chi connectivity index (χ3n) is 6.36. The topological polar surface area (TPSA) is 81.0 Å². The minimum Gasteiger partial charge on any atom is -0.493 e. The van der Waals surface area contributed by atoms with Crippen molar-refractivity contribution in [1.29, 1.82) is 0 Å². The molecule has 1 unspecified atom stereocenters. The lowest BCUT2D eigenvalue weighted by Crippen LogP contribution is -2.50. The van der Waals surface area contributed by atoms with Crippen LogP contribution in [0.4, 0.5) is 0 Å². The van der Waals surface area contributed by atoms with Crippen LogP contribution < -0.4 is 14.8 Å². The molecule has 1 heterocycles. The maximum atomic E-state index is 13.9. The number of benzene rings is 3. The maximum absolute atomic E-state index is 13.9. The summed E-state index contributed by atoms with van der Waals surface area (Å²) in [6.45, 7) is 0.449. The van der Waals surface area contributed by atoms with E-state index in [0.717, 1.165) is 16.7 Å². The van der Waals surface area contributed by atoms with E-state index < -0.39 is 6.04 Å². The van der Waals surface area contributed by atoms with Gasteiger partial charge in [-0.3, -0.25) is 9.59 Å². The van der Waals surface area contributed by atoms with Crippen molar-refractivity contribution in [3.8, 4) is 11.5 Å². The number of halogens is 1. The second-order valence-electron chi connectivity index (χ2n) is 9.02. The Kier molecular flexibility index (Phi) is 9.64. The highest BCUT2D eigenvalue weighted by Crippen LogP contribution is 2.28. The van der Waals surface area contributed by atoms with Crippen LogP contribution in [-0.2, 0) is 35.5 Å². The van der Waals surface area contributed by atoms with Crippen LogP contribution in [0.2, 0.25) is 5.02 Å². The number of hydrogen-bond acceptors (Lipinski definition) is 5. The Morgan fingerprint density at radius 2 is 1.59 bits per heavy atom. The van der Waals surface area contributed by atoms with Crippen LogP contribution in [-0.4, -0.2) is 37.0 Å². The lowest BCUT2D eigenvalue weighted by Gasteiger charge is -2.31. The van der Waals surface area contributed by atoms with Crippen LogP contribution >= 0.6 is 11.6 Å². The van der Waals surface area contributed by atoms with Crippen molar-refractivity contribution in [3.63, 3.8) is 0 Å². The average Bonchev–Trinajstić information content (AvgIpc) is 3.49. The molecule has 1 atom stereocenters. The summed E-state index contributed by atoms with van der Waals surface area (Å²) in [5.41, 5.74) is 2.54. The number of hydrogen-bond donors (Lipinski definition) is 1. The molecule has 0 bridgehead atoms. The van der Waals surface area contributed by atoms with Crippen LogP contribution in [0.25, 0.3) is 0 Å². The van der Waals surface area contributed by atoms with E-state index in [1.54, 1.807) is 61.8 Å². The minimum absolute atomic E-state index is 0.0741. The molecule has 0 fully saturated rings. The number of ether oxygens (including phenoxy) is 2. The quantitative estimate of drug-likeness (QED) is 0.255.